The zero-order chi connectivity index (χ0) is 7.56. The number of amides is 1. The van der Waals surface area contributed by atoms with E-state index < -0.39 is 0 Å². The van der Waals surface area contributed by atoms with Gasteiger partial charge in [0.05, 0.1) is 0 Å². The van der Waals surface area contributed by atoms with Crippen LogP contribution < -0.4 is 10.5 Å². The Kier molecular flexibility index (Phi) is 2.53. The molecule has 3 N–H and O–H groups in total. The van der Waals surface area contributed by atoms with Gasteiger partial charge in [0, 0.05) is 18.7 Å². The van der Waals surface area contributed by atoms with Crippen LogP contribution in [0, 0.1) is 0 Å². The lowest BCUT2D eigenvalue weighted by atomic mass is 10.2. The monoisotopic (exact) mass is 161 g/mol. The smallest absolute Gasteiger partial charge is 0.235 e. The second-order valence-corrected chi connectivity index (χ2v) is 3.29. The first-order valence-corrected chi connectivity index (χ1v) is 3.91. The van der Waals surface area contributed by atoms with Crippen LogP contribution in [0.15, 0.2) is 0 Å². The number of likely N-dealkylation sites (N-methyl/N-ethyl adjacent to an activating group) is 1. The molecule has 1 aliphatic rings. The molecule has 0 radical (unpaired) electrons. The van der Waals surface area contributed by atoms with E-state index in [4.69, 9.17) is 5.73 Å². The van der Waals surface area contributed by atoms with E-state index in [0.717, 1.165) is 13.0 Å². The minimum absolute atomic E-state index is 0.105. The van der Waals surface area contributed by atoms with Crippen molar-refractivity contribution in [3.8, 4) is 0 Å². The van der Waals surface area contributed by atoms with Crippen molar-refractivity contribution in [3.63, 3.8) is 0 Å². The Balaban J connectivity index is 2.47. The zero-order valence-electron chi connectivity index (χ0n) is 5.83. The Labute approximate surface area is 64.4 Å². The Morgan fingerprint density at radius 3 is 3.00 bits per heavy atom. The molecular weight excluding hydrogens is 150 g/mol. The van der Waals surface area contributed by atoms with Crippen LogP contribution in [0.5, 0.6) is 0 Å². The molecule has 0 aromatic rings. The van der Waals surface area contributed by atoms with Crippen molar-refractivity contribution in [3.05, 3.63) is 0 Å². The van der Waals surface area contributed by atoms with Crippen LogP contribution in [0.4, 0.5) is 0 Å². The van der Waals surface area contributed by atoms with Crippen LogP contribution in [0.25, 0.3) is 0 Å². The second-order valence-electron chi connectivity index (χ2n) is 2.24. The first-order valence-electron chi connectivity index (χ1n) is 3.14. The number of primary amides is 1. The number of nitrogens with one attached hydrogen (secondary N) is 1. The van der Waals surface area contributed by atoms with Crippen molar-refractivity contribution in [2.45, 2.75) is 12.5 Å². The number of nitrogens with zero attached hydrogens (tertiary/aromatic N) is 1. The third-order valence-electron chi connectivity index (χ3n) is 1.50. The fraction of sp³-hybridized carbons (Fsp3) is 0.800. The van der Waals surface area contributed by atoms with Crippen molar-refractivity contribution in [2.75, 3.05) is 13.6 Å². The maximum Gasteiger partial charge on any atom is 0.235 e. The van der Waals surface area contributed by atoms with E-state index in [0.29, 0.717) is 0 Å². The average molecular weight is 161 g/mol. The molecule has 0 saturated carbocycles. The summed E-state index contributed by atoms with van der Waals surface area (Å²) in [6.45, 7) is 0.850. The molecule has 0 aliphatic carbocycles. The first kappa shape index (κ1) is 7.84. The van der Waals surface area contributed by atoms with Gasteiger partial charge in [0.2, 0.25) is 5.91 Å². The first-order chi connectivity index (χ1) is 4.72. The van der Waals surface area contributed by atoms with Crippen molar-refractivity contribution < 1.29 is 4.79 Å². The van der Waals surface area contributed by atoms with Gasteiger partial charge in [-0.15, -0.1) is 0 Å². The van der Waals surface area contributed by atoms with E-state index >= 15 is 0 Å². The number of carbonyl (C=O) groups excluding carboxylic acids is 1. The molecule has 1 unspecified atom stereocenters. The van der Waals surface area contributed by atoms with Gasteiger partial charge in [0.1, 0.15) is 6.04 Å². The van der Waals surface area contributed by atoms with Gasteiger partial charge in [-0.1, -0.05) is 0 Å². The highest BCUT2D eigenvalue weighted by Crippen LogP contribution is 2.15. The Bertz CT molecular complexity index is 141. The highest BCUT2D eigenvalue weighted by molar-refractivity contribution is 7.95. The molecule has 1 amide bonds. The van der Waals surface area contributed by atoms with E-state index in [-0.39, 0.29) is 11.9 Å². The molecule has 0 bridgehead atoms. The van der Waals surface area contributed by atoms with Gasteiger partial charge in [-0.25, -0.2) is 4.31 Å². The summed E-state index contributed by atoms with van der Waals surface area (Å²) in [5.74, 6) is -0.239. The summed E-state index contributed by atoms with van der Waals surface area (Å²) in [5, 5.41) is 0. The summed E-state index contributed by atoms with van der Waals surface area (Å²) < 4.78 is 4.89. The van der Waals surface area contributed by atoms with Gasteiger partial charge in [0.15, 0.2) is 0 Å². The minimum atomic E-state index is -0.239. The molecule has 1 fully saturated rings. The van der Waals surface area contributed by atoms with Crippen LogP contribution in [-0.2, 0) is 4.79 Å². The summed E-state index contributed by atoms with van der Waals surface area (Å²) in [5.41, 5.74) is 5.14. The maximum atomic E-state index is 10.7. The summed E-state index contributed by atoms with van der Waals surface area (Å²) >= 11 is 1.44. The normalized spacial score (nSPS) is 28.3. The highest BCUT2D eigenvalue weighted by Gasteiger charge is 2.23. The predicted octanol–water partition coefficient (Wildman–Crippen LogP) is -0.671. The second kappa shape index (κ2) is 3.23. The quantitative estimate of drug-likeness (QED) is 0.501. The lowest BCUT2D eigenvalue weighted by Crippen LogP contribution is -2.45. The summed E-state index contributed by atoms with van der Waals surface area (Å²) in [6, 6.07) is -0.105. The fourth-order valence-electron chi connectivity index (χ4n) is 0.910. The van der Waals surface area contributed by atoms with Gasteiger partial charge in [-0.2, -0.15) is 0 Å². The topological polar surface area (TPSA) is 58.4 Å². The number of nitrogens with two attached hydrogens (primary N) is 1. The van der Waals surface area contributed by atoms with Crippen molar-refractivity contribution in [2.24, 2.45) is 5.73 Å². The van der Waals surface area contributed by atoms with Crippen LogP contribution in [0.3, 0.4) is 0 Å². The molecule has 1 saturated heterocycles. The molecule has 0 spiro atoms. The van der Waals surface area contributed by atoms with Gasteiger partial charge >= 0.3 is 0 Å². The molecule has 0 aromatic carbocycles. The zero-order valence-corrected chi connectivity index (χ0v) is 6.65. The third-order valence-corrected chi connectivity index (χ3v) is 2.37. The van der Waals surface area contributed by atoms with E-state index in [1.807, 2.05) is 11.4 Å². The molecule has 1 heterocycles. The molecule has 1 atom stereocenters. The fourth-order valence-corrected chi connectivity index (χ4v) is 1.66. The summed E-state index contributed by atoms with van der Waals surface area (Å²) in [7, 11) is 1.85. The van der Waals surface area contributed by atoms with E-state index in [1.54, 1.807) is 0 Å². The number of rotatable bonds is 1. The van der Waals surface area contributed by atoms with E-state index in [9.17, 15) is 4.79 Å². The lowest BCUT2D eigenvalue weighted by molar-refractivity contribution is -0.121. The number of hydrogen-bond acceptors (Lipinski definition) is 4. The number of carbonyl (C=O) groups is 1. The Morgan fingerprint density at radius 1 is 1.90 bits per heavy atom. The molecule has 58 valence electrons. The predicted molar refractivity (Wildman–Crippen MR) is 41.0 cm³/mol. The Hall–Kier alpha value is -0.260. The molecular formula is C5H11N3OS. The van der Waals surface area contributed by atoms with Crippen LogP contribution in [-0.4, -0.2) is 29.8 Å². The Morgan fingerprint density at radius 2 is 2.60 bits per heavy atom. The largest absolute Gasteiger partial charge is 0.368 e. The molecule has 1 rings (SSSR count). The minimum Gasteiger partial charge on any atom is -0.368 e. The SMILES string of the molecule is CN1SNCCC1C(N)=O. The van der Waals surface area contributed by atoms with Crippen molar-refractivity contribution >= 4 is 18.0 Å². The molecule has 5 heteroatoms. The van der Waals surface area contributed by atoms with Crippen molar-refractivity contribution in [1.29, 1.82) is 0 Å². The van der Waals surface area contributed by atoms with Crippen LogP contribution in [0.2, 0.25) is 0 Å². The maximum absolute atomic E-state index is 10.7. The highest BCUT2D eigenvalue weighted by atomic mass is 32.2. The van der Waals surface area contributed by atoms with Gasteiger partial charge < -0.3 is 5.73 Å². The van der Waals surface area contributed by atoms with Crippen molar-refractivity contribution in [1.82, 2.24) is 9.03 Å². The van der Waals surface area contributed by atoms with E-state index in [2.05, 4.69) is 4.72 Å². The lowest BCUT2D eigenvalue weighted by Gasteiger charge is -2.28. The van der Waals surface area contributed by atoms with Crippen LogP contribution >= 0.6 is 12.1 Å². The third kappa shape index (κ3) is 1.62. The number of hydrogen-bond donors (Lipinski definition) is 2. The summed E-state index contributed by atoms with van der Waals surface area (Å²) in [6.07, 6.45) is 0.804. The molecule has 1 aliphatic heterocycles. The molecule has 10 heavy (non-hydrogen) atoms. The van der Waals surface area contributed by atoms with Gasteiger partial charge in [-0.05, 0) is 13.5 Å². The molecule has 4 nitrogen and oxygen atoms in total. The standard InChI is InChI=1S/C5H11N3OS/c1-8-4(5(6)9)2-3-7-10-8/h4,7H,2-3H2,1H3,(H2,6,9). The summed E-state index contributed by atoms with van der Waals surface area (Å²) in [4.78, 5) is 10.7. The average Bonchev–Trinajstić information content (AvgIpc) is 1.88. The van der Waals surface area contributed by atoms with Crippen LogP contribution in [0.1, 0.15) is 6.42 Å². The van der Waals surface area contributed by atoms with Gasteiger partial charge in [-0.3, -0.25) is 9.52 Å². The van der Waals surface area contributed by atoms with Gasteiger partial charge in [0.25, 0.3) is 0 Å². The molecule has 0 aromatic heterocycles. The van der Waals surface area contributed by atoms with E-state index in [1.165, 1.54) is 12.1 Å².